The fourth-order valence-corrected chi connectivity index (χ4v) is 4.42. The third-order valence-corrected chi connectivity index (χ3v) is 6.51. The first-order valence-corrected chi connectivity index (χ1v) is 10.8. The van der Waals surface area contributed by atoms with Crippen LogP contribution in [0.2, 0.25) is 0 Å². The normalized spacial score (nSPS) is 18.1. The Morgan fingerprint density at radius 2 is 2.06 bits per heavy atom. The predicted molar refractivity (Wildman–Crippen MR) is 118 cm³/mol. The van der Waals surface area contributed by atoms with Crippen molar-refractivity contribution in [2.75, 3.05) is 11.1 Å². The standard InChI is InChI=1S/C23H29N5O3/c1-13-8-17-10-18(9-15-4-3-5-15)22(30)27-21(17)23(31)28(13)12-20(29)25-11-16-6-7-19(24)26-14(16)2/h6-8,15,18H,3-5,9-12H2,1-2H3,(H2,24,26)(H,25,29)(H,27,30)/t18-/m0/s1. The molecule has 31 heavy (non-hydrogen) atoms. The number of carbonyl (C=O) groups excluding carboxylic acids is 2. The first kappa shape index (κ1) is 21.1. The van der Waals surface area contributed by atoms with Crippen LogP contribution in [0.25, 0.3) is 0 Å². The molecule has 0 saturated heterocycles. The number of nitrogens with zero attached hydrogens (tertiary/aromatic N) is 2. The van der Waals surface area contributed by atoms with Crippen LogP contribution in [0.15, 0.2) is 23.0 Å². The smallest absolute Gasteiger partial charge is 0.275 e. The van der Waals surface area contributed by atoms with Gasteiger partial charge in [0.05, 0.1) is 0 Å². The zero-order valence-electron chi connectivity index (χ0n) is 18.0. The summed E-state index contributed by atoms with van der Waals surface area (Å²) < 4.78 is 1.41. The zero-order chi connectivity index (χ0) is 22.1. The van der Waals surface area contributed by atoms with E-state index in [4.69, 9.17) is 5.73 Å². The van der Waals surface area contributed by atoms with Gasteiger partial charge in [-0.3, -0.25) is 14.4 Å². The van der Waals surface area contributed by atoms with Crippen molar-refractivity contribution < 1.29 is 9.59 Å². The van der Waals surface area contributed by atoms with E-state index in [1.807, 2.05) is 26.0 Å². The van der Waals surface area contributed by atoms with E-state index in [1.54, 1.807) is 6.07 Å². The van der Waals surface area contributed by atoms with E-state index < -0.39 is 0 Å². The van der Waals surface area contributed by atoms with Crippen molar-refractivity contribution in [2.45, 2.75) is 59.0 Å². The molecule has 0 unspecified atom stereocenters. The molecule has 4 rings (SSSR count). The highest BCUT2D eigenvalue weighted by Gasteiger charge is 2.32. The Hall–Kier alpha value is -3.16. The summed E-state index contributed by atoms with van der Waals surface area (Å²) in [5.41, 5.74) is 8.84. The van der Waals surface area contributed by atoms with E-state index >= 15 is 0 Å². The average molecular weight is 424 g/mol. The Morgan fingerprint density at radius 3 is 2.74 bits per heavy atom. The van der Waals surface area contributed by atoms with Crippen LogP contribution in [0.1, 0.15) is 48.2 Å². The molecule has 1 aliphatic carbocycles. The van der Waals surface area contributed by atoms with Crippen LogP contribution in [-0.2, 0) is 29.1 Å². The van der Waals surface area contributed by atoms with Crippen molar-refractivity contribution in [2.24, 2.45) is 11.8 Å². The van der Waals surface area contributed by atoms with Crippen LogP contribution in [-0.4, -0.2) is 21.4 Å². The number of anilines is 2. The maximum Gasteiger partial charge on any atom is 0.275 e. The van der Waals surface area contributed by atoms with Crippen LogP contribution in [0.5, 0.6) is 0 Å². The van der Waals surface area contributed by atoms with E-state index in [0.29, 0.717) is 36.1 Å². The van der Waals surface area contributed by atoms with Crippen molar-refractivity contribution in [3.63, 3.8) is 0 Å². The molecule has 1 fully saturated rings. The van der Waals surface area contributed by atoms with Crippen LogP contribution in [0.4, 0.5) is 11.5 Å². The number of hydrogen-bond donors (Lipinski definition) is 3. The maximum atomic E-state index is 13.0. The lowest BCUT2D eigenvalue weighted by atomic mass is 9.76. The molecule has 164 valence electrons. The molecule has 2 amide bonds. The van der Waals surface area contributed by atoms with Crippen LogP contribution >= 0.6 is 0 Å². The number of rotatable bonds is 6. The van der Waals surface area contributed by atoms with Crippen molar-refractivity contribution in [1.82, 2.24) is 14.9 Å². The second kappa shape index (κ2) is 8.53. The summed E-state index contributed by atoms with van der Waals surface area (Å²) >= 11 is 0. The molecule has 3 heterocycles. The fourth-order valence-electron chi connectivity index (χ4n) is 4.42. The van der Waals surface area contributed by atoms with Crippen molar-refractivity contribution >= 4 is 23.3 Å². The minimum atomic E-state index is -0.328. The second-order valence-electron chi connectivity index (χ2n) is 8.76. The molecule has 4 N–H and O–H groups in total. The van der Waals surface area contributed by atoms with Gasteiger partial charge in [-0.1, -0.05) is 25.3 Å². The molecule has 2 aromatic heterocycles. The molecule has 2 aromatic rings. The summed E-state index contributed by atoms with van der Waals surface area (Å²) in [7, 11) is 0. The number of nitrogen functional groups attached to an aromatic ring is 1. The highest BCUT2D eigenvalue weighted by Crippen LogP contribution is 2.35. The number of pyridine rings is 2. The molecule has 0 radical (unpaired) electrons. The molecule has 0 spiro atoms. The number of hydrogen-bond acceptors (Lipinski definition) is 5. The van der Waals surface area contributed by atoms with Gasteiger partial charge in [0, 0.05) is 23.9 Å². The number of carbonyl (C=O) groups is 2. The lowest BCUT2D eigenvalue weighted by Gasteiger charge is -2.32. The van der Waals surface area contributed by atoms with Crippen molar-refractivity contribution in [3.05, 3.63) is 51.1 Å². The van der Waals surface area contributed by atoms with Gasteiger partial charge in [-0.2, -0.15) is 0 Å². The quantitative estimate of drug-likeness (QED) is 0.657. The van der Waals surface area contributed by atoms with Gasteiger partial charge in [0.15, 0.2) is 0 Å². The Labute approximate surface area is 181 Å². The van der Waals surface area contributed by atoms with Gasteiger partial charge in [-0.15, -0.1) is 0 Å². The molecular formula is C23H29N5O3. The van der Waals surface area contributed by atoms with Crippen molar-refractivity contribution in [3.8, 4) is 0 Å². The largest absolute Gasteiger partial charge is 0.384 e. The van der Waals surface area contributed by atoms with Gasteiger partial charge in [0.25, 0.3) is 5.56 Å². The minimum absolute atomic E-state index is 0.0764. The van der Waals surface area contributed by atoms with Crippen molar-refractivity contribution in [1.29, 1.82) is 0 Å². The molecule has 2 aliphatic rings. The number of nitrogens with two attached hydrogens (primary N) is 1. The van der Waals surface area contributed by atoms with Gasteiger partial charge in [-0.05, 0) is 55.9 Å². The molecular weight excluding hydrogens is 394 g/mol. The monoisotopic (exact) mass is 423 g/mol. The summed E-state index contributed by atoms with van der Waals surface area (Å²) in [5.74, 6) is 0.615. The molecule has 0 aromatic carbocycles. The molecule has 0 bridgehead atoms. The molecule has 1 atom stereocenters. The summed E-state index contributed by atoms with van der Waals surface area (Å²) in [6.07, 6.45) is 5.10. The van der Waals surface area contributed by atoms with Crippen LogP contribution < -0.4 is 21.9 Å². The SMILES string of the molecule is Cc1nc(N)ccc1CNC(=O)Cn1c(C)cc2c(c1=O)NC(=O)[C@@H](CC1CCC1)C2. The molecule has 1 saturated carbocycles. The van der Waals surface area contributed by atoms with Gasteiger partial charge in [-0.25, -0.2) is 4.98 Å². The lowest BCUT2D eigenvalue weighted by Crippen LogP contribution is -2.39. The van der Waals surface area contributed by atoms with E-state index in [2.05, 4.69) is 15.6 Å². The summed E-state index contributed by atoms with van der Waals surface area (Å²) in [6.45, 7) is 3.84. The molecule has 1 aliphatic heterocycles. The van der Waals surface area contributed by atoms with Gasteiger partial charge < -0.3 is 20.9 Å². The number of nitrogens with one attached hydrogen (secondary N) is 2. The first-order valence-electron chi connectivity index (χ1n) is 10.8. The topological polar surface area (TPSA) is 119 Å². The Bertz CT molecular complexity index is 1090. The van der Waals surface area contributed by atoms with Gasteiger partial charge >= 0.3 is 0 Å². The van der Waals surface area contributed by atoms with Gasteiger partial charge in [0.2, 0.25) is 11.8 Å². The number of aryl methyl sites for hydroxylation is 2. The summed E-state index contributed by atoms with van der Waals surface area (Å²) in [4.78, 5) is 42.3. The Morgan fingerprint density at radius 1 is 1.29 bits per heavy atom. The highest BCUT2D eigenvalue weighted by atomic mass is 16.2. The molecule has 8 nitrogen and oxygen atoms in total. The average Bonchev–Trinajstić information content (AvgIpc) is 2.68. The predicted octanol–water partition coefficient (Wildman–Crippen LogP) is 2.06. The zero-order valence-corrected chi connectivity index (χ0v) is 18.0. The second-order valence-corrected chi connectivity index (χ2v) is 8.76. The maximum absolute atomic E-state index is 13.0. The minimum Gasteiger partial charge on any atom is -0.384 e. The van der Waals surface area contributed by atoms with Crippen LogP contribution in [0, 0.1) is 25.7 Å². The lowest BCUT2D eigenvalue weighted by molar-refractivity contribution is -0.122. The van der Waals surface area contributed by atoms with E-state index in [0.717, 1.165) is 23.2 Å². The van der Waals surface area contributed by atoms with E-state index in [9.17, 15) is 14.4 Å². The van der Waals surface area contributed by atoms with E-state index in [-0.39, 0.29) is 29.8 Å². The number of aromatic nitrogens is 2. The van der Waals surface area contributed by atoms with E-state index in [1.165, 1.54) is 23.8 Å². The Balaban J connectivity index is 1.45. The third-order valence-electron chi connectivity index (χ3n) is 6.51. The fraction of sp³-hybridized carbons (Fsp3) is 0.478. The highest BCUT2D eigenvalue weighted by molar-refractivity contribution is 5.95. The number of amides is 2. The molecule has 8 heteroatoms. The summed E-state index contributed by atoms with van der Waals surface area (Å²) in [6, 6.07) is 5.43. The first-order chi connectivity index (χ1) is 14.8. The number of fused-ring (bicyclic) bond motifs is 1. The summed E-state index contributed by atoms with van der Waals surface area (Å²) in [5, 5.41) is 5.64. The van der Waals surface area contributed by atoms with Crippen LogP contribution in [0.3, 0.4) is 0 Å². The third kappa shape index (κ3) is 4.47. The Kier molecular flexibility index (Phi) is 5.80. The van der Waals surface area contributed by atoms with Gasteiger partial charge in [0.1, 0.15) is 18.1 Å².